The number of amides is 1. The molecule has 0 spiro atoms. The van der Waals surface area contributed by atoms with E-state index in [9.17, 15) is 17.6 Å². The first-order valence-corrected chi connectivity index (χ1v) is 8.40. The quantitative estimate of drug-likeness (QED) is 0.899. The maximum Gasteiger partial charge on any atom is 0.257 e. The van der Waals surface area contributed by atoms with Gasteiger partial charge in [0.1, 0.15) is 0 Å². The fourth-order valence-electron chi connectivity index (χ4n) is 2.62. The van der Waals surface area contributed by atoms with Crippen LogP contribution in [0.5, 0.6) is 0 Å². The number of hydrogen-bond acceptors (Lipinski definition) is 3. The molecule has 0 bridgehead atoms. The molecule has 2 atom stereocenters. The van der Waals surface area contributed by atoms with E-state index in [2.05, 4.69) is 0 Å². The molecule has 1 aromatic carbocycles. The summed E-state index contributed by atoms with van der Waals surface area (Å²) in [6.07, 6.45) is 1.63. The van der Waals surface area contributed by atoms with Crippen molar-refractivity contribution in [3.63, 3.8) is 0 Å². The molecule has 2 N–H and O–H groups in total. The van der Waals surface area contributed by atoms with Gasteiger partial charge in [0.2, 0.25) is 10.0 Å². The summed E-state index contributed by atoms with van der Waals surface area (Å²) in [5, 5.41) is 4.58. The number of nitrogens with two attached hydrogens (primary N) is 1. The second-order valence-corrected chi connectivity index (χ2v) is 7.27. The Bertz CT molecular complexity index is 683. The fraction of sp³-hybridized carbons (Fsp3) is 0.462. The van der Waals surface area contributed by atoms with Gasteiger partial charge in [0.25, 0.3) is 5.91 Å². The highest BCUT2D eigenvalue weighted by atomic mass is 35.5. The Morgan fingerprint density at radius 2 is 1.86 bits per heavy atom. The van der Waals surface area contributed by atoms with Crippen LogP contribution in [0.2, 0.25) is 5.02 Å². The van der Waals surface area contributed by atoms with Gasteiger partial charge in [-0.3, -0.25) is 4.79 Å². The van der Waals surface area contributed by atoms with Crippen molar-refractivity contribution in [2.45, 2.75) is 43.7 Å². The molecule has 0 saturated carbocycles. The Morgan fingerprint density at radius 3 is 2.33 bits per heavy atom. The van der Waals surface area contributed by atoms with Crippen LogP contribution >= 0.6 is 11.6 Å². The van der Waals surface area contributed by atoms with Crippen molar-refractivity contribution in [3.8, 4) is 0 Å². The molecule has 21 heavy (non-hydrogen) atoms. The zero-order chi connectivity index (χ0) is 15.9. The molecule has 2 rings (SSSR count). The van der Waals surface area contributed by atoms with Gasteiger partial charge in [-0.2, -0.15) is 0 Å². The van der Waals surface area contributed by atoms with Crippen LogP contribution < -0.4 is 5.14 Å². The standard InChI is InChI=1S/C13H16ClFN2O3S/c1-7-3-4-8(2)17(7)13(18)10-5-9(21(16,19)20)6-11(14)12(10)15/h5-8H,3-4H2,1-2H3,(H2,16,19,20)/t7-,8-/m1/s1. The minimum Gasteiger partial charge on any atom is -0.333 e. The van der Waals surface area contributed by atoms with E-state index in [-0.39, 0.29) is 22.5 Å². The van der Waals surface area contributed by atoms with Crippen molar-refractivity contribution in [2.75, 3.05) is 0 Å². The van der Waals surface area contributed by atoms with E-state index < -0.39 is 26.8 Å². The molecule has 1 amide bonds. The number of carbonyl (C=O) groups excluding carboxylic acids is 1. The maximum atomic E-state index is 14.1. The second-order valence-electron chi connectivity index (χ2n) is 5.30. The lowest BCUT2D eigenvalue weighted by Crippen LogP contribution is -2.39. The van der Waals surface area contributed by atoms with Gasteiger partial charge in [-0.15, -0.1) is 0 Å². The molecule has 1 fully saturated rings. The number of sulfonamides is 1. The molecule has 8 heteroatoms. The van der Waals surface area contributed by atoms with Crippen molar-refractivity contribution >= 4 is 27.5 Å². The van der Waals surface area contributed by atoms with Crippen molar-refractivity contribution in [1.82, 2.24) is 4.90 Å². The highest BCUT2D eigenvalue weighted by Crippen LogP contribution is 2.29. The molecule has 1 aliphatic rings. The molecule has 0 radical (unpaired) electrons. The average Bonchev–Trinajstić information content (AvgIpc) is 2.70. The summed E-state index contributed by atoms with van der Waals surface area (Å²) in [6, 6.07) is 1.77. The number of primary sulfonamides is 1. The average molecular weight is 335 g/mol. The number of likely N-dealkylation sites (tertiary alicyclic amines) is 1. The molecule has 1 saturated heterocycles. The summed E-state index contributed by atoms with van der Waals surface area (Å²) in [6.45, 7) is 3.73. The van der Waals surface area contributed by atoms with E-state index in [1.54, 1.807) is 4.90 Å². The van der Waals surface area contributed by atoms with E-state index in [1.165, 1.54) is 0 Å². The minimum absolute atomic E-state index is 0.0381. The van der Waals surface area contributed by atoms with Crippen molar-refractivity contribution in [1.29, 1.82) is 0 Å². The van der Waals surface area contributed by atoms with Gasteiger partial charge >= 0.3 is 0 Å². The zero-order valence-electron chi connectivity index (χ0n) is 11.6. The predicted octanol–water partition coefficient (Wildman–Crippen LogP) is 2.14. The molecule has 0 aromatic heterocycles. The molecule has 0 aliphatic carbocycles. The third-order valence-corrected chi connectivity index (χ3v) is 4.91. The Hall–Kier alpha value is -1.18. The topological polar surface area (TPSA) is 80.5 Å². The van der Waals surface area contributed by atoms with E-state index >= 15 is 0 Å². The van der Waals surface area contributed by atoms with Crippen molar-refractivity contribution in [3.05, 3.63) is 28.5 Å². The van der Waals surface area contributed by atoms with Gasteiger partial charge in [0.05, 0.1) is 15.5 Å². The first-order chi connectivity index (χ1) is 9.62. The second kappa shape index (κ2) is 5.55. The smallest absolute Gasteiger partial charge is 0.257 e. The first-order valence-electron chi connectivity index (χ1n) is 6.47. The lowest BCUT2D eigenvalue weighted by molar-refractivity contribution is 0.0687. The van der Waals surface area contributed by atoms with Gasteiger partial charge in [0, 0.05) is 12.1 Å². The first kappa shape index (κ1) is 16.2. The number of rotatable bonds is 2. The largest absolute Gasteiger partial charge is 0.333 e. The van der Waals surface area contributed by atoms with Crippen LogP contribution in [0.25, 0.3) is 0 Å². The summed E-state index contributed by atoms with van der Waals surface area (Å²) in [5.74, 6) is -1.50. The van der Waals surface area contributed by atoms with Crippen LogP contribution in [0.1, 0.15) is 37.0 Å². The van der Waals surface area contributed by atoms with Gasteiger partial charge < -0.3 is 4.90 Å². The molecule has 1 heterocycles. The van der Waals surface area contributed by atoms with Gasteiger partial charge in [-0.1, -0.05) is 11.6 Å². The summed E-state index contributed by atoms with van der Waals surface area (Å²) < 4.78 is 36.9. The van der Waals surface area contributed by atoms with E-state index in [4.69, 9.17) is 16.7 Å². The SMILES string of the molecule is C[C@@H]1CC[C@@H](C)N1C(=O)c1cc(S(N)(=O)=O)cc(Cl)c1F. The number of halogens is 2. The van der Waals surface area contributed by atoms with Gasteiger partial charge in [-0.25, -0.2) is 17.9 Å². The van der Waals surface area contributed by atoms with E-state index in [1.807, 2.05) is 13.8 Å². The highest BCUT2D eigenvalue weighted by Gasteiger charge is 2.34. The Kier molecular flexibility index (Phi) is 4.28. The van der Waals surface area contributed by atoms with Crippen LogP contribution in [0.15, 0.2) is 17.0 Å². The summed E-state index contributed by atoms with van der Waals surface area (Å²) in [5.41, 5.74) is -0.368. The van der Waals surface area contributed by atoms with Gasteiger partial charge in [0.15, 0.2) is 5.82 Å². The normalized spacial score (nSPS) is 22.6. The third-order valence-electron chi connectivity index (χ3n) is 3.75. The lowest BCUT2D eigenvalue weighted by Gasteiger charge is -2.26. The summed E-state index contributed by atoms with van der Waals surface area (Å²) >= 11 is 5.68. The van der Waals surface area contributed by atoms with Gasteiger partial charge in [-0.05, 0) is 38.8 Å². The number of hydrogen-bond donors (Lipinski definition) is 1. The number of benzene rings is 1. The predicted molar refractivity (Wildman–Crippen MR) is 77.1 cm³/mol. The molecule has 5 nitrogen and oxygen atoms in total. The maximum absolute atomic E-state index is 14.1. The van der Waals surface area contributed by atoms with Crippen molar-refractivity contribution in [2.24, 2.45) is 5.14 Å². The Morgan fingerprint density at radius 1 is 1.33 bits per heavy atom. The van der Waals surface area contributed by atoms with Crippen LogP contribution in [0.3, 0.4) is 0 Å². The van der Waals surface area contributed by atoms with Crippen LogP contribution in [-0.2, 0) is 10.0 Å². The van der Waals surface area contributed by atoms with Crippen LogP contribution in [0.4, 0.5) is 4.39 Å². The summed E-state index contributed by atoms with van der Waals surface area (Å²) in [7, 11) is -4.07. The monoisotopic (exact) mass is 334 g/mol. The fourth-order valence-corrected chi connectivity index (χ4v) is 3.47. The molecular weight excluding hydrogens is 319 g/mol. The van der Waals surface area contributed by atoms with E-state index in [0.29, 0.717) is 0 Å². The third kappa shape index (κ3) is 3.04. The molecule has 1 aliphatic heterocycles. The molecule has 0 unspecified atom stereocenters. The Balaban J connectivity index is 2.53. The minimum atomic E-state index is -4.07. The molecule has 1 aromatic rings. The molecule has 116 valence electrons. The lowest BCUT2D eigenvalue weighted by atomic mass is 10.1. The van der Waals surface area contributed by atoms with Crippen LogP contribution in [-0.4, -0.2) is 31.3 Å². The van der Waals surface area contributed by atoms with E-state index in [0.717, 1.165) is 25.0 Å². The van der Waals surface area contributed by atoms with Crippen LogP contribution in [0, 0.1) is 5.82 Å². The number of carbonyl (C=O) groups is 1. The highest BCUT2D eigenvalue weighted by molar-refractivity contribution is 7.89. The summed E-state index contributed by atoms with van der Waals surface area (Å²) in [4.78, 5) is 13.7. The Labute approximate surface area is 127 Å². The zero-order valence-corrected chi connectivity index (χ0v) is 13.2. The molecular formula is C13H16ClFN2O3S. The van der Waals surface area contributed by atoms with Crippen molar-refractivity contribution < 1.29 is 17.6 Å². The number of nitrogens with zero attached hydrogens (tertiary/aromatic N) is 1.